The summed E-state index contributed by atoms with van der Waals surface area (Å²) in [5, 5.41) is 18.4. The lowest BCUT2D eigenvalue weighted by atomic mass is 9.95. The lowest BCUT2D eigenvalue weighted by Crippen LogP contribution is -2.30. The molecule has 2 aromatic carbocycles. The summed E-state index contributed by atoms with van der Waals surface area (Å²) in [6.45, 7) is 9.53. The SMILES string of the molecule is COc1cc(N2C(=S)N[C@@H](c3ccccn3)[C@@H]2c2cc(C)n(-c3ccc([N+](=O)[O-])cc3OC)c2C)ccc1NC(=O)C(C)(C)C. The molecule has 0 unspecified atom stereocenters. The molecule has 5 rings (SSSR count). The highest BCUT2D eigenvalue weighted by Gasteiger charge is 2.42. The van der Waals surface area contributed by atoms with E-state index in [-0.39, 0.29) is 23.7 Å². The van der Waals surface area contributed by atoms with Gasteiger partial charge in [-0.3, -0.25) is 19.9 Å². The van der Waals surface area contributed by atoms with Gasteiger partial charge in [-0.2, -0.15) is 0 Å². The molecule has 234 valence electrons. The van der Waals surface area contributed by atoms with Gasteiger partial charge in [0.25, 0.3) is 5.69 Å². The quantitative estimate of drug-likeness (QED) is 0.127. The Morgan fingerprint density at radius 1 is 1.04 bits per heavy atom. The largest absolute Gasteiger partial charge is 0.494 e. The Kier molecular flexibility index (Phi) is 8.53. The Hall–Kier alpha value is -4.97. The normalized spacial score (nSPS) is 16.3. The summed E-state index contributed by atoms with van der Waals surface area (Å²) in [4.78, 5) is 30.5. The Morgan fingerprint density at radius 3 is 2.40 bits per heavy atom. The van der Waals surface area contributed by atoms with Crippen LogP contribution in [0, 0.1) is 29.4 Å². The number of methoxy groups -OCH3 is 2. The second kappa shape index (κ2) is 12.2. The molecule has 1 amide bonds. The summed E-state index contributed by atoms with van der Waals surface area (Å²) in [5.74, 6) is 0.747. The van der Waals surface area contributed by atoms with Crippen LogP contribution in [-0.2, 0) is 4.79 Å². The summed E-state index contributed by atoms with van der Waals surface area (Å²) < 4.78 is 13.3. The minimum absolute atomic E-state index is 0.0545. The first-order chi connectivity index (χ1) is 21.3. The number of hydrogen-bond donors (Lipinski definition) is 2. The van der Waals surface area contributed by atoms with Crippen LogP contribution in [0.1, 0.15) is 55.5 Å². The van der Waals surface area contributed by atoms with E-state index in [1.165, 1.54) is 19.2 Å². The molecule has 0 aliphatic carbocycles. The average molecular weight is 629 g/mol. The molecule has 1 aliphatic rings. The van der Waals surface area contributed by atoms with Crippen molar-refractivity contribution in [3.05, 3.63) is 99.6 Å². The molecule has 0 bridgehead atoms. The van der Waals surface area contributed by atoms with E-state index in [4.69, 9.17) is 21.7 Å². The predicted molar refractivity (Wildman–Crippen MR) is 177 cm³/mol. The second-order valence-electron chi connectivity index (χ2n) is 11.9. The molecule has 0 spiro atoms. The zero-order chi connectivity index (χ0) is 32.6. The number of nitrogens with one attached hydrogen (secondary N) is 2. The Balaban J connectivity index is 1.65. The van der Waals surface area contributed by atoms with Crippen LogP contribution in [0.15, 0.2) is 66.9 Å². The second-order valence-corrected chi connectivity index (χ2v) is 12.2. The number of hydrogen-bond acceptors (Lipinski definition) is 7. The maximum absolute atomic E-state index is 12.8. The number of anilines is 2. The number of aromatic nitrogens is 2. The molecule has 1 aliphatic heterocycles. The van der Waals surface area contributed by atoms with Crippen molar-refractivity contribution < 1.29 is 19.2 Å². The van der Waals surface area contributed by atoms with E-state index in [2.05, 4.69) is 21.7 Å². The van der Waals surface area contributed by atoms with Crippen molar-refractivity contribution in [2.24, 2.45) is 5.41 Å². The standard InChI is InChI=1S/C33H36N6O5S/c1-19-16-23(20(2)37(19)26-14-12-22(39(41)42)18-28(26)44-7)30-29(25-10-8-9-15-34-25)36-32(45)38(30)21-11-13-24(27(17-21)43-6)35-31(40)33(3,4)5/h8-18,29-30H,1-7H3,(H,35,40)(H,36,45)/t29-,30-/m0/s1. The van der Waals surface area contributed by atoms with E-state index in [1.807, 2.05) is 80.5 Å². The van der Waals surface area contributed by atoms with Gasteiger partial charge in [0.15, 0.2) is 5.11 Å². The summed E-state index contributed by atoms with van der Waals surface area (Å²) in [5.41, 5.74) is 4.96. The van der Waals surface area contributed by atoms with E-state index in [9.17, 15) is 14.9 Å². The van der Waals surface area contributed by atoms with E-state index < -0.39 is 10.3 Å². The maximum atomic E-state index is 12.8. The van der Waals surface area contributed by atoms with Crippen LogP contribution in [0.25, 0.3) is 5.69 Å². The average Bonchev–Trinajstić information content (AvgIpc) is 3.51. The van der Waals surface area contributed by atoms with E-state index in [0.717, 1.165) is 28.3 Å². The van der Waals surface area contributed by atoms with Crippen LogP contribution < -0.4 is 25.0 Å². The lowest BCUT2D eigenvalue weighted by molar-refractivity contribution is -0.384. The Morgan fingerprint density at radius 2 is 1.78 bits per heavy atom. The number of ether oxygens (including phenoxy) is 2. The number of benzene rings is 2. The summed E-state index contributed by atoms with van der Waals surface area (Å²) in [7, 11) is 3.06. The number of carbonyl (C=O) groups is 1. The fraction of sp³-hybridized carbons (Fsp3) is 0.303. The van der Waals surface area contributed by atoms with Gasteiger partial charge in [0, 0.05) is 40.8 Å². The number of nitro benzene ring substituents is 1. The van der Waals surface area contributed by atoms with Gasteiger partial charge in [0.2, 0.25) is 5.91 Å². The number of rotatable bonds is 8. The predicted octanol–water partition coefficient (Wildman–Crippen LogP) is 6.58. The molecule has 45 heavy (non-hydrogen) atoms. The highest BCUT2D eigenvalue weighted by atomic mass is 32.1. The number of pyridine rings is 1. The molecule has 11 nitrogen and oxygen atoms in total. The molecular weight excluding hydrogens is 592 g/mol. The number of carbonyl (C=O) groups excluding carboxylic acids is 1. The Bertz CT molecular complexity index is 1780. The van der Waals surface area contributed by atoms with Crippen molar-refractivity contribution in [1.82, 2.24) is 14.9 Å². The van der Waals surface area contributed by atoms with Gasteiger partial charge >= 0.3 is 0 Å². The van der Waals surface area contributed by atoms with Crippen molar-refractivity contribution in [2.45, 2.75) is 46.7 Å². The highest BCUT2D eigenvalue weighted by molar-refractivity contribution is 7.80. The Labute approximate surface area is 267 Å². The molecular formula is C33H36N6O5S. The molecule has 12 heteroatoms. The van der Waals surface area contributed by atoms with Crippen LogP contribution in [-0.4, -0.2) is 39.7 Å². The van der Waals surface area contributed by atoms with Gasteiger partial charge in [-0.25, -0.2) is 0 Å². The lowest BCUT2D eigenvalue weighted by Gasteiger charge is -2.29. The monoisotopic (exact) mass is 628 g/mol. The summed E-state index contributed by atoms with van der Waals surface area (Å²) >= 11 is 5.95. The number of aryl methyl sites for hydroxylation is 1. The van der Waals surface area contributed by atoms with Crippen LogP contribution in [0.4, 0.5) is 17.1 Å². The van der Waals surface area contributed by atoms with Crippen LogP contribution in [0.3, 0.4) is 0 Å². The third-order valence-electron chi connectivity index (χ3n) is 7.89. The number of nitrogens with zero attached hydrogens (tertiary/aromatic N) is 4. The molecule has 3 heterocycles. The summed E-state index contributed by atoms with van der Waals surface area (Å²) in [6, 6.07) is 17.4. The fourth-order valence-corrected chi connectivity index (χ4v) is 5.96. The number of non-ortho nitro benzene ring substituents is 1. The molecule has 2 atom stereocenters. The minimum atomic E-state index is -0.583. The van der Waals surface area contributed by atoms with Gasteiger partial charge in [0.1, 0.15) is 11.5 Å². The molecule has 1 fully saturated rings. The van der Waals surface area contributed by atoms with Crippen LogP contribution in [0.5, 0.6) is 11.5 Å². The van der Waals surface area contributed by atoms with Crippen molar-refractivity contribution in [2.75, 3.05) is 24.4 Å². The van der Waals surface area contributed by atoms with Crippen molar-refractivity contribution in [3.63, 3.8) is 0 Å². The van der Waals surface area contributed by atoms with Gasteiger partial charge in [-0.15, -0.1) is 0 Å². The van der Waals surface area contributed by atoms with Crippen molar-refractivity contribution in [3.8, 4) is 17.2 Å². The van der Waals surface area contributed by atoms with E-state index in [1.54, 1.807) is 19.4 Å². The van der Waals surface area contributed by atoms with Gasteiger partial charge in [-0.05, 0) is 68.0 Å². The van der Waals surface area contributed by atoms with Crippen molar-refractivity contribution in [1.29, 1.82) is 0 Å². The minimum Gasteiger partial charge on any atom is -0.494 e. The molecule has 2 aromatic heterocycles. The van der Waals surface area contributed by atoms with Gasteiger partial charge in [-0.1, -0.05) is 26.8 Å². The van der Waals surface area contributed by atoms with Gasteiger partial charge in [0.05, 0.1) is 54.4 Å². The number of nitro groups is 1. The third kappa shape index (κ3) is 5.93. The first kappa shape index (κ1) is 31.5. The first-order valence-corrected chi connectivity index (χ1v) is 14.8. The van der Waals surface area contributed by atoms with Crippen LogP contribution >= 0.6 is 12.2 Å². The number of amides is 1. The number of thiocarbonyl (C=S) groups is 1. The van der Waals surface area contributed by atoms with Crippen molar-refractivity contribution >= 4 is 40.3 Å². The molecule has 0 saturated carbocycles. The fourth-order valence-electron chi connectivity index (χ4n) is 5.61. The molecule has 2 N–H and O–H groups in total. The topological polar surface area (TPSA) is 124 Å². The van der Waals surface area contributed by atoms with Gasteiger partial charge < -0.3 is 29.6 Å². The molecule has 4 aromatic rings. The van der Waals surface area contributed by atoms with E-state index in [0.29, 0.717) is 28.0 Å². The van der Waals surface area contributed by atoms with E-state index >= 15 is 0 Å². The molecule has 1 saturated heterocycles. The summed E-state index contributed by atoms with van der Waals surface area (Å²) in [6.07, 6.45) is 1.75. The maximum Gasteiger partial charge on any atom is 0.273 e. The zero-order valence-corrected chi connectivity index (χ0v) is 27.1. The smallest absolute Gasteiger partial charge is 0.273 e. The highest BCUT2D eigenvalue weighted by Crippen LogP contribution is 2.45. The first-order valence-electron chi connectivity index (χ1n) is 14.4. The van der Waals surface area contributed by atoms with Crippen LogP contribution in [0.2, 0.25) is 0 Å². The third-order valence-corrected chi connectivity index (χ3v) is 8.21. The molecule has 0 radical (unpaired) electrons. The zero-order valence-electron chi connectivity index (χ0n) is 26.2.